The molecule has 3 aromatic rings. The van der Waals surface area contributed by atoms with Gasteiger partial charge in [0.1, 0.15) is 5.76 Å². The second kappa shape index (κ2) is 7.13. The largest absolute Gasteiger partial charge is 0.440 e. The minimum absolute atomic E-state index is 0.0737. The summed E-state index contributed by atoms with van der Waals surface area (Å²) in [6, 6.07) is 17.8. The molecule has 0 unspecified atom stereocenters. The van der Waals surface area contributed by atoms with Crippen LogP contribution in [0, 0.1) is 13.8 Å². The molecule has 24 heavy (non-hydrogen) atoms. The van der Waals surface area contributed by atoms with Crippen LogP contribution >= 0.6 is 0 Å². The second-order valence-corrected chi connectivity index (χ2v) is 5.84. The van der Waals surface area contributed by atoms with E-state index in [2.05, 4.69) is 16.4 Å². The maximum Gasteiger partial charge on any atom is 0.227 e. The number of hydrogen-bond acceptors (Lipinski definition) is 3. The molecule has 0 aliphatic rings. The molecule has 4 nitrogen and oxygen atoms in total. The van der Waals surface area contributed by atoms with Crippen molar-refractivity contribution >= 4 is 5.91 Å². The molecule has 122 valence electrons. The normalized spacial score (nSPS) is 10.6. The predicted molar refractivity (Wildman–Crippen MR) is 93.4 cm³/mol. The Kier molecular flexibility index (Phi) is 4.75. The van der Waals surface area contributed by atoms with Crippen molar-refractivity contribution in [2.24, 2.45) is 0 Å². The van der Waals surface area contributed by atoms with Crippen LogP contribution in [0.2, 0.25) is 0 Å². The van der Waals surface area contributed by atoms with Gasteiger partial charge in [0.15, 0.2) is 0 Å². The smallest absolute Gasteiger partial charge is 0.227 e. The van der Waals surface area contributed by atoms with Crippen molar-refractivity contribution < 1.29 is 9.21 Å². The SMILES string of the molecule is Cc1cccc(CNC(=O)Cc2oc(-c3ccccc3)nc2C)c1. The average Bonchev–Trinajstić information content (AvgIpc) is 2.95. The molecule has 1 heterocycles. The summed E-state index contributed by atoms with van der Waals surface area (Å²) in [6.45, 7) is 4.41. The van der Waals surface area contributed by atoms with E-state index in [1.165, 1.54) is 5.56 Å². The van der Waals surface area contributed by atoms with E-state index in [-0.39, 0.29) is 12.3 Å². The van der Waals surface area contributed by atoms with Gasteiger partial charge in [0.2, 0.25) is 11.8 Å². The molecule has 3 rings (SSSR count). The molecule has 0 radical (unpaired) electrons. The van der Waals surface area contributed by atoms with Gasteiger partial charge < -0.3 is 9.73 Å². The van der Waals surface area contributed by atoms with E-state index in [1.54, 1.807) is 0 Å². The first-order valence-corrected chi connectivity index (χ1v) is 7.96. The van der Waals surface area contributed by atoms with Gasteiger partial charge in [-0.25, -0.2) is 4.98 Å². The number of oxazole rings is 1. The molecule has 0 bridgehead atoms. The fraction of sp³-hybridized carbons (Fsp3) is 0.200. The second-order valence-electron chi connectivity index (χ2n) is 5.84. The molecule has 2 aromatic carbocycles. The van der Waals surface area contributed by atoms with Crippen LogP contribution in [-0.2, 0) is 17.8 Å². The molecule has 4 heteroatoms. The van der Waals surface area contributed by atoms with Crippen molar-refractivity contribution in [3.8, 4) is 11.5 Å². The lowest BCUT2D eigenvalue weighted by Crippen LogP contribution is -2.24. The summed E-state index contributed by atoms with van der Waals surface area (Å²) in [5.41, 5.74) is 3.93. The highest BCUT2D eigenvalue weighted by Gasteiger charge is 2.14. The average molecular weight is 320 g/mol. The van der Waals surface area contributed by atoms with Crippen LogP contribution in [0.15, 0.2) is 59.0 Å². The molecular weight excluding hydrogens is 300 g/mol. The molecule has 0 aliphatic carbocycles. The van der Waals surface area contributed by atoms with Crippen LogP contribution in [0.3, 0.4) is 0 Å². The zero-order chi connectivity index (χ0) is 16.9. The summed E-state index contributed by atoms with van der Waals surface area (Å²) in [5, 5.41) is 2.92. The molecule has 0 atom stereocenters. The number of carbonyl (C=O) groups is 1. The van der Waals surface area contributed by atoms with Gasteiger partial charge in [-0.1, -0.05) is 48.0 Å². The molecular formula is C20H20N2O2. The highest BCUT2D eigenvalue weighted by molar-refractivity contribution is 5.78. The van der Waals surface area contributed by atoms with E-state index in [0.29, 0.717) is 18.2 Å². The van der Waals surface area contributed by atoms with E-state index in [9.17, 15) is 4.79 Å². The minimum atomic E-state index is -0.0737. The summed E-state index contributed by atoms with van der Waals surface area (Å²) in [6.07, 6.45) is 0.192. The highest BCUT2D eigenvalue weighted by Crippen LogP contribution is 2.21. The molecule has 1 amide bonds. The number of benzene rings is 2. The van der Waals surface area contributed by atoms with Crippen LogP contribution in [0.25, 0.3) is 11.5 Å². The van der Waals surface area contributed by atoms with Gasteiger partial charge >= 0.3 is 0 Å². The van der Waals surface area contributed by atoms with Crippen LogP contribution in [0.1, 0.15) is 22.6 Å². The Morgan fingerprint density at radius 1 is 1.08 bits per heavy atom. The van der Waals surface area contributed by atoms with Gasteiger partial charge in [-0.15, -0.1) is 0 Å². The van der Waals surface area contributed by atoms with Gasteiger partial charge in [-0.3, -0.25) is 4.79 Å². The molecule has 0 saturated carbocycles. The summed E-state index contributed by atoms with van der Waals surface area (Å²) < 4.78 is 5.77. The number of nitrogens with zero attached hydrogens (tertiary/aromatic N) is 1. The van der Waals surface area contributed by atoms with Gasteiger partial charge in [-0.05, 0) is 31.5 Å². The predicted octanol–water partition coefficient (Wildman–Crippen LogP) is 3.82. The number of carbonyl (C=O) groups excluding carboxylic acids is 1. The Hall–Kier alpha value is -2.88. The number of amides is 1. The Balaban J connectivity index is 1.63. The number of aryl methyl sites for hydroxylation is 2. The molecule has 0 aliphatic heterocycles. The third-order valence-electron chi connectivity index (χ3n) is 3.81. The van der Waals surface area contributed by atoms with Crippen molar-refractivity contribution in [2.45, 2.75) is 26.8 Å². The Morgan fingerprint density at radius 3 is 2.62 bits per heavy atom. The summed E-state index contributed by atoms with van der Waals surface area (Å²) in [5.74, 6) is 1.08. The quantitative estimate of drug-likeness (QED) is 0.777. The third kappa shape index (κ3) is 3.90. The van der Waals surface area contributed by atoms with E-state index in [4.69, 9.17) is 4.42 Å². The maximum atomic E-state index is 12.2. The first-order valence-electron chi connectivity index (χ1n) is 7.96. The lowest BCUT2D eigenvalue weighted by atomic mass is 10.1. The zero-order valence-corrected chi connectivity index (χ0v) is 13.9. The van der Waals surface area contributed by atoms with Gasteiger partial charge in [0.25, 0.3) is 0 Å². The van der Waals surface area contributed by atoms with E-state index >= 15 is 0 Å². The summed E-state index contributed by atoms with van der Waals surface area (Å²) in [4.78, 5) is 16.6. The number of rotatable bonds is 5. The maximum absolute atomic E-state index is 12.2. The first-order chi connectivity index (χ1) is 11.6. The Morgan fingerprint density at radius 2 is 1.88 bits per heavy atom. The lowest BCUT2D eigenvalue weighted by molar-refractivity contribution is -0.120. The van der Waals surface area contributed by atoms with E-state index in [1.807, 2.05) is 62.4 Å². The van der Waals surface area contributed by atoms with E-state index in [0.717, 1.165) is 16.8 Å². The van der Waals surface area contributed by atoms with Crippen LogP contribution in [0.4, 0.5) is 0 Å². The topological polar surface area (TPSA) is 55.1 Å². The summed E-state index contributed by atoms with van der Waals surface area (Å²) >= 11 is 0. The van der Waals surface area contributed by atoms with Gasteiger partial charge in [0.05, 0.1) is 12.1 Å². The molecule has 0 fully saturated rings. The standard InChI is InChI=1S/C20H20N2O2/c1-14-7-6-8-16(11-14)13-21-19(23)12-18-15(2)22-20(24-18)17-9-4-3-5-10-17/h3-11H,12-13H2,1-2H3,(H,21,23). The van der Waals surface area contributed by atoms with Crippen molar-refractivity contribution in [1.29, 1.82) is 0 Å². The molecule has 0 saturated heterocycles. The van der Waals surface area contributed by atoms with Crippen LogP contribution in [-0.4, -0.2) is 10.9 Å². The van der Waals surface area contributed by atoms with Crippen molar-refractivity contribution in [3.63, 3.8) is 0 Å². The monoisotopic (exact) mass is 320 g/mol. The Labute approximate surface area is 141 Å². The van der Waals surface area contributed by atoms with Crippen LogP contribution in [0.5, 0.6) is 0 Å². The van der Waals surface area contributed by atoms with Crippen molar-refractivity contribution in [3.05, 3.63) is 77.2 Å². The Bertz CT molecular complexity index is 838. The number of nitrogens with one attached hydrogen (secondary N) is 1. The third-order valence-corrected chi connectivity index (χ3v) is 3.81. The van der Waals surface area contributed by atoms with Crippen LogP contribution < -0.4 is 5.32 Å². The first kappa shape index (κ1) is 16.0. The molecule has 1 aromatic heterocycles. The number of aromatic nitrogens is 1. The summed E-state index contributed by atoms with van der Waals surface area (Å²) in [7, 11) is 0. The molecule has 1 N–H and O–H groups in total. The van der Waals surface area contributed by atoms with E-state index < -0.39 is 0 Å². The van der Waals surface area contributed by atoms with Gasteiger partial charge in [-0.2, -0.15) is 0 Å². The van der Waals surface area contributed by atoms with Crippen molar-refractivity contribution in [1.82, 2.24) is 10.3 Å². The fourth-order valence-electron chi connectivity index (χ4n) is 2.53. The van der Waals surface area contributed by atoms with Gasteiger partial charge in [0, 0.05) is 12.1 Å². The highest BCUT2D eigenvalue weighted by atomic mass is 16.4. The lowest BCUT2D eigenvalue weighted by Gasteiger charge is -2.05. The molecule has 0 spiro atoms. The zero-order valence-electron chi connectivity index (χ0n) is 13.9. The number of hydrogen-bond donors (Lipinski definition) is 1. The fourth-order valence-corrected chi connectivity index (χ4v) is 2.53. The minimum Gasteiger partial charge on any atom is -0.440 e. The van der Waals surface area contributed by atoms with Crippen molar-refractivity contribution in [2.75, 3.05) is 0 Å².